The van der Waals surface area contributed by atoms with Crippen molar-refractivity contribution in [3.63, 3.8) is 0 Å². The van der Waals surface area contributed by atoms with Crippen molar-refractivity contribution in [3.8, 4) is 0 Å². The summed E-state index contributed by atoms with van der Waals surface area (Å²) >= 11 is 0. The van der Waals surface area contributed by atoms with Crippen molar-refractivity contribution in [2.24, 2.45) is 17.8 Å². The predicted molar refractivity (Wildman–Crippen MR) is 97.2 cm³/mol. The highest BCUT2D eigenvalue weighted by Gasteiger charge is 2.59. The molecule has 2 fully saturated rings. The second kappa shape index (κ2) is 7.12. The van der Waals surface area contributed by atoms with Crippen LogP contribution < -0.4 is 4.72 Å². The predicted octanol–water partition coefficient (Wildman–Crippen LogP) is -1.42. The summed E-state index contributed by atoms with van der Waals surface area (Å²) < 4.78 is 24.5. The first-order valence-corrected chi connectivity index (χ1v) is 11.0. The number of hydrogen-bond donors (Lipinski definition) is 3. The molecule has 28 heavy (non-hydrogen) atoms. The fourth-order valence-corrected chi connectivity index (χ4v) is 5.08. The Balaban J connectivity index is 1.74. The van der Waals surface area contributed by atoms with Crippen LogP contribution in [-0.2, 0) is 24.4 Å². The molecule has 0 aromatic heterocycles. The molecule has 11 heteroatoms. The van der Waals surface area contributed by atoms with E-state index in [1.807, 2.05) is 16.5 Å². The minimum Gasteiger partial charge on any atom is -0.477 e. The molecule has 156 valence electrons. The van der Waals surface area contributed by atoms with Gasteiger partial charge in [0.2, 0.25) is 21.8 Å². The first-order chi connectivity index (χ1) is 12.9. The largest absolute Gasteiger partial charge is 0.477 e. The summed E-state index contributed by atoms with van der Waals surface area (Å²) in [6.45, 7) is 4.47. The summed E-state index contributed by atoms with van der Waals surface area (Å²) in [5.74, 6) is -3.48. The van der Waals surface area contributed by atoms with E-state index in [1.165, 1.54) is 11.8 Å². The maximum atomic E-state index is 12.3. The Hall–Kier alpha value is -1.98. The number of nitrogens with one attached hydrogen (secondary N) is 1. The number of carbonyl (C=O) groups is 3. The first-order valence-electron chi connectivity index (χ1n) is 9.13. The van der Waals surface area contributed by atoms with Gasteiger partial charge in [-0.3, -0.25) is 19.2 Å². The van der Waals surface area contributed by atoms with Gasteiger partial charge in [-0.1, -0.05) is 6.92 Å². The van der Waals surface area contributed by atoms with E-state index in [0.29, 0.717) is 25.1 Å². The molecule has 3 aliphatic rings. The number of nitrogens with zero attached hydrogens (tertiary/aromatic N) is 2. The highest BCUT2D eigenvalue weighted by molar-refractivity contribution is 7.89. The van der Waals surface area contributed by atoms with Crippen LogP contribution in [0.15, 0.2) is 11.3 Å². The number of sulfonamides is 1. The number of carboxylic acids is 1. The molecule has 0 radical (unpaired) electrons. The maximum absolute atomic E-state index is 12.3. The zero-order valence-electron chi connectivity index (χ0n) is 16.0. The summed E-state index contributed by atoms with van der Waals surface area (Å²) in [7, 11) is -3.63. The van der Waals surface area contributed by atoms with Gasteiger partial charge in [-0.25, -0.2) is 13.2 Å². The molecule has 10 nitrogen and oxygen atoms in total. The van der Waals surface area contributed by atoms with Crippen LogP contribution in [0.5, 0.6) is 0 Å². The van der Waals surface area contributed by atoms with E-state index < -0.39 is 39.8 Å². The number of carboxylic acid groups (broad SMARTS) is 1. The zero-order chi connectivity index (χ0) is 21.0. The van der Waals surface area contributed by atoms with E-state index in [-0.39, 0.29) is 30.1 Å². The van der Waals surface area contributed by atoms with Crippen LogP contribution in [0, 0.1) is 17.8 Å². The van der Waals surface area contributed by atoms with E-state index in [9.17, 15) is 33.0 Å². The number of rotatable bonds is 6. The number of β-lactam (4-membered cyclic amide) rings is 1. The van der Waals surface area contributed by atoms with Crippen molar-refractivity contribution in [1.29, 1.82) is 0 Å². The molecule has 2 amide bonds. The van der Waals surface area contributed by atoms with E-state index in [2.05, 4.69) is 0 Å². The van der Waals surface area contributed by atoms with Gasteiger partial charge in [-0.05, 0) is 25.5 Å². The molecule has 0 aliphatic carbocycles. The lowest BCUT2D eigenvalue weighted by atomic mass is 9.77. The van der Waals surface area contributed by atoms with Crippen molar-refractivity contribution in [3.05, 3.63) is 11.3 Å². The zero-order valence-corrected chi connectivity index (χ0v) is 16.8. The molecule has 3 heterocycles. The van der Waals surface area contributed by atoms with Gasteiger partial charge in [0.15, 0.2) is 0 Å². The second-order valence-electron chi connectivity index (χ2n) is 7.89. The van der Waals surface area contributed by atoms with Gasteiger partial charge in [-0.15, -0.1) is 0 Å². The Kier molecular flexibility index (Phi) is 5.28. The molecular formula is C17H25N3O7S. The minimum absolute atomic E-state index is 0.0385. The van der Waals surface area contributed by atoms with Crippen molar-refractivity contribution < 1.29 is 33.0 Å². The summed E-state index contributed by atoms with van der Waals surface area (Å²) in [5, 5.41) is 19.5. The van der Waals surface area contributed by atoms with Crippen LogP contribution in [-0.4, -0.2) is 84.3 Å². The molecule has 3 aliphatic heterocycles. The molecule has 0 spiro atoms. The van der Waals surface area contributed by atoms with Crippen LogP contribution in [0.2, 0.25) is 0 Å². The molecule has 3 N–H and O–H groups in total. The molecule has 2 saturated heterocycles. The lowest BCUT2D eigenvalue weighted by molar-refractivity contribution is -0.163. The molecule has 0 saturated carbocycles. The van der Waals surface area contributed by atoms with Crippen molar-refractivity contribution in [1.82, 2.24) is 14.5 Å². The molecule has 0 aromatic carbocycles. The van der Waals surface area contributed by atoms with Gasteiger partial charge in [-0.2, -0.15) is 0 Å². The Morgan fingerprint density at radius 2 is 2.00 bits per heavy atom. The number of hydrogen-bond acceptors (Lipinski definition) is 7. The monoisotopic (exact) mass is 415 g/mol. The van der Waals surface area contributed by atoms with E-state index in [4.69, 9.17) is 0 Å². The summed E-state index contributed by atoms with van der Waals surface area (Å²) in [4.78, 5) is 39.4. The van der Waals surface area contributed by atoms with E-state index in [1.54, 1.807) is 0 Å². The van der Waals surface area contributed by atoms with Crippen molar-refractivity contribution in [2.75, 3.05) is 25.9 Å². The first kappa shape index (κ1) is 20.7. The lowest BCUT2D eigenvalue weighted by Crippen LogP contribution is -2.63. The van der Waals surface area contributed by atoms with Crippen molar-refractivity contribution in [2.45, 2.75) is 32.4 Å². The minimum atomic E-state index is -3.63. The third kappa shape index (κ3) is 3.53. The van der Waals surface area contributed by atoms with Gasteiger partial charge in [0, 0.05) is 19.0 Å². The standard InChI is InChI=1S/C17H25N3O7S/c1-8-11(7-19-5-4-10(6-19)15(22)18-28(3,26)27)14(17(24)25)20-13(8)12(9(2)21)16(20)23/h8-10,12-13,21H,4-7H2,1-3H3,(H,18,22)(H,24,25)/t8-,9+,10-,12+,13+/m0/s1. The van der Waals surface area contributed by atoms with Gasteiger partial charge in [0.25, 0.3) is 0 Å². The molecule has 0 unspecified atom stereocenters. The number of amides is 2. The Morgan fingerprint density at radius 1 is 1.36 bits per heavy atom. The van der Waals surface area contributed by atoms with Crippen LogP contribution in [0.1, 0.15) is 20.3 Å². The topological polar surface area (TPSA) is 144 Å². The maximum Gasteiger partial charge on any atom is 0.352 e. The summed E-state index contributed by atoms with van der Waals surface area (Å²) in [6, 6.07) is -0.375. The number of carbonyl (C=O) groups excluding carboxylic acids is 2. The van der Waals surface area contributed by atoms with Gasteiger partial charge < -0.3 is 15.1 Å². The normalized spacial score (nSPS) is 31.6. The van der Waals surface area contributed by atoms with Crippen LogP contribution in [0.4, 0.5) is 0 Å². The van der Waals surface area contributed by atoms with Crippen molar-refractivity contribution >= 4 is 27.8 Å². The van der Waals surface area contributed by atoms with Gasteiger partial charge in [0.05, 0.1) is 30.2 Å². The Labute approximate surface area is 163 Å². The average Bonchev–Trinajstić information content (AvgIpc) is 3.09. The second-order valence-corrected chi connectivity index (χ2v) is 9.64. The summed E-state index contributed by atoms with van der Waals surface area (Å²) in [5.41, 5.74) is 0.557. The highest BCUT2D eigenvalue weighted by atomic mass is 32.2. The van der Waals surface area contributed by atoms with Crippen LogP contribution in [0.3, 0.4) is 0 Å². The molecule has 0 bridgehead atoms. The fourth-order valence-electron chi connectivity index (χ4n) is 4.55. The van der Waals surface area contributed by atoms with Gasteiger partial charge in [0.1, 0.15) is 5.70 Å². The fraction of sp³-hybridized carbons (Fsp3) is 0.706. The number of aliphatic carboxylic acids is 1. The Morgan fingerprint density at radius 3 is 2.54 bits per heavy atom. The lowest BCUT2D eigenvalue weighted by Gasteiger charge is -2.46. The smallest absolute Gasteiger partial charge is 0.352 e. The molecular weight excluding hydrogens is 390 g/mol. The number of fused-ring (bicyclic) bond motifs is 1. The number of aliphatic hydroxyl groups excluding tert-OH is 1. The van der Waals surface area contributed by atoms with Gasteiger partial charge >= 0.3 is 5.97 Å². The molecule has 5 atom stereocenters. The Bertz CT molecular complexity index is 851. The third-order valence-corrected chi connectivity index (χ3v) is 6.41. The quantitative estimate of drug-likeness (QED) is 0.448. The SMILES string of the molecule is C[C@@H](O)[C@H]1C(=O)N2C(C(=O)O)=C(CN3CC[C@H](C(=O)NS(C)(=O)=O)C3)[C@H](C)[C@H]12. The molecule has 0 aromatic rings. The van der Waals surface area contributed by atoms with Crippen LogP contribution >= 0.6 is 0 Å². The molecule has 3 rings (SSSR count). The average molecular weight is 415 g/mol. The van der Waals surface area contributed by atoms with Crippen LogP contribution in [0.25, 0.3) is 0 Å². The van der Waals surface area contributed by atoms with E-state index in [0.717, 1.165) is 6.26 Å². The van der Waals surface area contributed by atoms with E-state index >= 15 is 0 Å². The number of aliphatic hydroxyl groups is 1. The third-order valence-electron chi connectivity index (χ3n) is 5.84. The highest BCUT2D eigenvalue weighted by Crippen LogP contribution is 2.47. The number of likely N-dealkylation sites (tertiary alicyclic amines) is 1. The summed E-state index contributed by atoms with van der Waals surface area (Å²) in [6.07, 6.45) is 0.525.